The van der Waals surface area contributed by atoms with Crippen molar-refractivity contribution in [3.63, 3.8) is 0 Å². The van der Waals surface area contributed by atoms with E-state index in [2.05, 4.69) is 11.2 Å². The van der Waals surface area contributed by atoms with Gasteiger partial charge in [-0.2, -0.15) is 10.4 Å². The number of benzene rings is 3. The zero-order valence-electron chi connectivity index (χ0n) is 21.9. The van der Waals surface area contributed by atoms with Crippen LogP contribution in [-0.4, -0.2) is 24.3 Å². The van der Waals surface area contributed by atoms with Crippen molar-refractivity contribution in [3.05, 3.63) is 107 Å². The smallest absolute Gasteiger partial charge is 0.360 e. The number of fused-ring (bicyclic) bond motifs is 1. The number of carbonyl (C=O) groups is 1. The number of hydrazone groups is 1. The molecule has 0 unspecified atom stereocenters. The summed E-state index contributed by atoms with van der Waals surface area (Å²) >= 11 is 0. The number of ether oxygens (including phenoxy) is 2. The first kappa shape index (κ1) is 27.0. The number of nitrogens with zero attached hydrogens (tertiary/aromatic N) is 3. The van der Waals surface area contributed by atoms with E-state index in [9.17, 15) is 4.79 Å². The predicted octanol–water partition coefficient (Wildman–Crippen LogP) is 6.99. The van der Waals surface area contributed by atoms with Crippen LogP contribution < -0.4 is 0 Å². The third-order valence-corrected chi connectivity index (χ3v) is 5.65. The lowest BCUT2D eigenvalue weighted by atomic mass is 9.92. The van der Waals surface area contributed by atoms with Gasteiger partial charge in [0.05, 0.1) is 24.4 Å². The molecule has 1 aliphatic heterocycles. The van der Waals surface area contributed by atoms with Crippen molar-refractivity contribution in [1.29, 1.82) is 5.26 Å². The van der Waals surface area contributed by atoms with E-state index in [1.165, 1.54) is 7.11 Å². The normalized spacial score (nSPS) is 13.5. The van der Waals surface area contributed by atoms with Gasteiger partial charge in [0.2, 0.25) is 0 Å². The molecule has 0 aromatic heterocycles. The van der Waals surface area contributed by atoms with Crippen molar-refractivity contribution in [3.8, 4) is 17.2 Å². The topological polar surface area (TPSA) is 74.9 Å². The van der Waals surface area contributed by atoms with Gasteiger partial charge in [0, 0.05) is 17.3 Å². The van der Waals surface area contributed by atoms with Gasteiger partial charge < -0.3 is 9.47 Å². The lowest BCUT2D eigenvalue weighted by molar-refractivity contribution is -0.137. The molecule has 3 aromatic rings. The van der Waals surface area contributed by atoms with Crippen molar-refractivity contribution in [2.75, 3.05) is 7.11 Å². The fraction of sp³-hybridized carbons (Fsp3) is 0.194. The number of hydrogen-bond donors (Lipinski definition) is 0. The van der Waals surface area contributed by atoms with Crippen LogP contribution in [-0.2, 0) is 20.9 Å². The fourth-order valence-electron chi connectivity index (χ4n) is 3.99. The highest BCUT2D eigenvalue weighted by atomic mass is 16.5. The molecule has 0 fully saturated rings. The standard InChI is InChI=1S/C29H25N3O3.C2H6/c1-4-26-25-17-23(22-13-11-20(18-30)12-14-22)15-16-24(25)28(35-19-21-9-7-6-8-10-21)27(29(33)34-3)32(26)31-5-2;1-2/h4-17H,19H2,1-3H3;1-2H3/b26-4+,31-5-;. The summed E-state index contributed by atoms with van der Waals surface area (Å²) in [4.78, 5) is 13.0. The average Bonchev–Trinajstić information content (AvgIpc) is 2.97. The van der Waals surface area contributed by atoms with Crippen molar-refractivity contribution < 1.29 is 14.3 Å². The van der Waals surface area contributed by atoms with E-state index in [0.717, 1.165) is 33.5 Å². The summed E-state index contributed by atoms with van der Waals surface area (Å²) in [5, 5.41) is 15.2. The van der Waals surface area contributed by atoms with Crippen LogP contribution in [0.15, 0.2) is 89.7 Å². The number of rotatable bonds is 6. The highest BCUT2D eigenvalue weighted by Crippen LogP contribution is 2.42. The third kappa shape index (κ3) is 5.79. The maximum absolute atomic E-state index is 13.0. The Labute approximate surface area is 218 Å². The Balaban J connectivity index is 0.00000186. The number of methoxy groups -OCH3 is 1. The van der Waals surface area contributed by atoms with Crippen LogP contribution in [0.1, 0.15) is 49.9 Å². The maximum Gasteiger partial charge on any atom is 0.360 e. The molecule has 37 heavy (non-hydrogen) atoms. The van der Waals surface area contributed by atoms with Gasteiger partial charge in [0.25, 0.3) is 0 Å². The molecule has 1 aliphatic rings. The molecule has 3 aromatic carbocycles. The van der Waals surface area contributed by atoms with E-state index in [4.69, 9.17) is 14.7 Å². The molecule has 0 spiro atoms. The van der Waals surface area contributed by atoms with Gasteiger partial charge >= 0.3 is 5.97 Å². The quantitative estimate of drug-likeness (QED) is 0.273. The molecule has 1 heterocycles. The van der Waals surface area contributed by atoms with Crippen LogP contribution in [0.2, 0.25) is 0 Å². The summed E-state index contributed by atoms with van der Waals surface area (Å²) in [5.74, 6) is -0.141. The van der Waals surface area contributed by atoms with Crippen LogP contribution in [0.5, 0.6) is 0 Å². The summed E-state index contributed by atoms with van der Waals surface area (Å²) in [6.07, 6.45) is 3.53. The van der Waals surface area contributed by atoms with Gasteiger partial charge in [0.1, 0.15) is 6.61 Å². The number of allylic oxidation sites excluding steroid dienone is 1. The van der Waals surface area contributed by atoms with Crippen LogP contribution in [0.4, 0.5) is 0 Å². The van der Waals surface area contributed by atoms with Crippen LogP contribution in [0, 0.1) is 11.3 Å². The third-order valence-electron chi connectivity index (χ3n) is 5.65. The Hall–Kier alpha value is -4.63. The van der Waals surface area contributed by atoms with Crippen molar-refractivity contribution in [2.24, 2.45) is 5.10 Å². The number of nitriles is 1. The molecule has 0 N–H and O–H groups in total. The summed E-state index contributed by atoms with van der Waals surface area (Å²) < 4.78 is 11.4. The molecule has 0 aliphatic carbocycles. The summed E-state index contributed by atoms with van der Waals surface area (Å²) in [7, 11) is 1.34. The van der Waals surface area contributed by atoms with Crippen molar-refractivity contribution >= 4 is 23.6 Å². The molecular formula is C31H31N3O3. The first-order valence-electron chi connectivity index (χ1n) is 12.2. The number of esters is 1. The van der Waals surface area contributed by atoms with Crippen molar-refractivity contribution in [1.82, 2.24) is 5.01 Å². The molecule has 0 amide bonds. The van der Waals surface area contributed by atoms with E-state index in [0.29, 0.717) is 11.3 Å². The Morgan fingerprint density at radius 3 is 2.24 bits per heavy atom. The Morgan fingerprint density at radius 2 is 1.65 bits per heavy atom. The van der Waals surface area contributed by atoms with Gasteiger partial charge in [-0.25, -0.2) is 9.80 Å². The Bertz CT molecular complexity index is 1370. The van der Waals surface area contributed by atoms with E-state index < -0.39 is 5.97 Å². The SMILES string of the molecule is C/C=N\N1C(C(=O)OC)=C(OCc2ccccc2)c2ccc(-c3ccc(C#N)cc3)cc2/C1=C\C.CC. The highest BCUT2D eigenvalue weighted by molar-refractivity contribution is 6.01. The molecule has 6 nitrogen and oxygen atoms in total. The van der Waals surface area contributed by atoms with E-state index in [1.54, 1.807) is 30.3 Å². The number of hydrogen-bond acceptors (Lipinski definition) is 6. The van der Waals surface area contributed by atoms with Gasteiger partial charge in [-0.15, -0.1) is 0 Å². The Kier molecular flexibility index (Phi) is 9.40. The minimum atomic E-state index is -0.542. The molecule has 188 valence electrons. The average molecular weight is 494 g/mol. The van der Waals surface area contributed by atoms with Gasteiger partial charge in [-0.1, -0.05) is 68.5 Å². The summed E-state index contributed by atoms with van der Waals surface area (Å²) in [6.45, 7) is 7.97. The minimum absolute atomic E-state index is 0.216. The number of carbonyl (C=O) groups excluding carboxylic acids is 1. The van der Waals surface area contributed by atoms with Crippen molar-refractivity contribution in [2.45, 2.75) is 34.3 Å². The Morgan fingerprint density at radius 1 is 0.973 bits per heavy atom. The molecule has 0 saturated heterocycles. The maximum atomic E-state index is 13.0. The lowest BCUT2D eigenvalue weighted by Crippen LogP contribution is -2.29. The monoisotopic (exact) mass is 493 g/mol. The first-order valence-corrected chi connectivity index (χ1v) is 12.2. The lowest BCUT2D eigenvalue weighted by Gasteiger charge is -2.32. The molecular weight excluding hydrogens is 462 g/mol. The molecule has 0 atom stereocenters. The molecule has 0 bridgehead atoms. The summed E-state index contributed by atoms with van der Waals surface area (Å²) in [6, 6.07) is 25.3. The van der Waals surface area contributed by atoms with Gasteiger partial charge in [-0.3, -0.25) is 0 Å². The van der Waals surface area contributed by atoms with Crippen LogP contribution >= 0.6 is 0 Å². The first-order chi connectivity index (χ1) is 18.1. The second-order valence-corrected chi connectivity index (χ2v) is 7.75. The predicted molar refractivity (Wildman–Crippen MR) is 148 cm³/mol. The fourth-order valence-corrected chi connectivity index (χ4v) is 3.99. The highest BCUT2D eigenvalue weighted by Gasteiger charge is 2.35. The molecule has 4 rings (SSSR count). The zero-order chi connectivity index (χ0) is 26.8. The van der Waals surface area contributed by atoms with Gasteiger partial charge in [-0.05, 0) is 54.8 Å². The second kappa shape index (κ2) is 12.9. The second-order valence-electron chi connectivity index (χ2n) is 7.75. The zero-order valence-corrected chi connectivity index (χ0v) is 21.9. The van der Waals surface area contributed by atoms with E-state index >= 15 is 0 Å². The van der Waals surface area contributed by atoms with E-state index in [-0.39, 0.29) is 12.3 Å². The summed E-state index contributed by atoms with van der Waals surface area (Å²) in [5.41, 5.74) is 6.12. The van der Waals surface area contributed by atoms with Crippen LogP contribution in [0.25, 0.3) is 22.6 Å². The largest absolute Gasteiger partial charge is 0.486 e. The molecule has 0 radical (unpaired) electrons. The molecule has 6 heteroatoms. The van der Waals surface area contributed by atoms with Crippen LogP contribution in [0.3, 0.4) is 0 Å². The minimum Gasteiger partial charge on any atom is -0.486 e. The molecule has 0 saturated carbocycles. The van der Waals surface area contributed by atoms with Gasteiger partial charge in [0.15, 0.2) is 11.5 Å². The van der Waals surface area contributed by atoms with E-state index in [1.807, 2.05) is 87.5 Å².